The molecule has 3 N–H and O–H groups in total. The molecule has 0 aliphatic rings. The highest BCUT2D eigenvalue weighted by molar-refractivity contribution is 14.0. The van der Waals surface area contributed by atoms with Crippen LogP contribution in [0, 0.1) is 0 Å². The van der Waals surface area contributed by atoms with Crippen LogP contribution in [-0.2, 0) is 0 Å². The maximum Gasteiger partial charge on any atom is 0.251 e. The predicted molar refractivity (Wildman–Crippen MR) is 103 cm³/mol. The second-order valence-corrected chi connectivity index (χ2v) is 5.85. The van der Waals surface area contributed by atoms with E-state index in [4.69, 9.17) is 0 Å². The van der Waals surface area contributed by atoms with Crippen molar-refractivity contribution in [2.75, 3.05) is 20.1 Å². The topological polar surface area (TPSA) is 65.5 Å². The second kappa shape index (κ2) is 10.4. The Hall–Kier alpha value is -1.31. The molecule has 1 rings (SSSR count). The molecule has 0 aromatic heterocycles. The smallest absolute Gasteiger partial charge is 0.251 e. The number of nitrogens with one attached hydrogen (secondary N) is 3. The standard InChI is InChI=1S/C16H26N4O.HI/c1-16(2,3)20-15(17-4)19-12-8-11-18-14(21)13-9-6-5-7-10-13;/h5-7,9-10H,8,11-12H2,1-4H3,(H,18,21)(H2,17,19,20);1H. The van der Waals surface area contributed by atoms with E-state index in [1.54, 1.807) is 7.05 Å². The van der Waals surface area contributed by atoms with Crippen LogP contribution in [0.15, 0.2) is 35.3 Å². The average Bonchev–Trinajstić information content (AvgIpc) is 2.45. The summed E-state index contributed by atoms with van der Waals surface area (Å²) in [4.78, 5) is 16.0. The van der Waals surface area contributed by atoms with Gasteiger partial charge in [-0.05, 0) is 39.3 Å². The molecule has 0 fully saturated rings. The lowest BCUT2D eigenvalue weighted by atomic mass is 10.1. The maximum absolute atomic E-state index is 11.8. The van der Waals surface area contributed by atoms with E-state index in [0.29, 0.717) is 12.1 Å². The average molecular weight is 418 g/mol. The Kier molecular flexibility index (Phi) is 9.80. The Labute approximate surface area is 150 Å². The Bertz CT molecular complexity index is 469. The Morgan fingerprint density at radius 3 is 2.23 bits per heavy atom. The highest BCUT2D eigenvalue weighted by Crippen LogP contribution is 1.98. The van der Waals surface area contributed by atoms with Gasteiger partial charge in [0.2, 0.25) is 0 Å². The summed E-state index contributed by atoms with van der Waals surface area (Å²) >= 11 is 0. The molecule has 0 saturated carbocycles. The first kappa shape index (κ1) is 20.7. The number of guanidine groups is 1. The third kappa shape index (κ3) is 8.86. The molecule has 0 radical (unpaired) electrons. The molecule has 0 heterocycles. The van der Waals surface area contributed by atoms with Gasteiger partial charge in [-0.2, -0.15) is 0 Å². The highest BCUT2D eigenvalue weighted by atomic mass is 127. The first-order valence-corrected chi connectivity index (χ1v) is 7.24. The van der Waals surface area contributed by atoms with Crippen LogP contribution in [0.25, 0.3) is 0 Å². The fourth-order valence-corrected chi connectivity index (χ4v) is 1.72. The van der Waals surface area contributed by atoms with Crippen LogP contribution in [0.1, 0.15) is 37.6 Å². The molecule has 1 aromatic carbocycles. The van der Waals surface area contributed by atoms with Crippen LogP contribution in [-0.4, -0.2) is 37.5 Å². The minimum Gasteiger partial charge on any atom is -0.356 e. The lowest BCUT2D eigenvalue weighted by Crippen LogP contribution is -2.48. The molecule has 0 spiro atoms. The molecule has 0 atom stereocenters. The summed E-state index contributed by atoms with van der Waals surface area (Å²) in [6.45, 7) is 7.64. The van der Waals surface area contributed by atoms with E-state index < -0.39 is 0 Å². The zero-order valence-corrected chi connectivity index (χ0v) is 16.1. The van der Waals surface area contributed by atoms with Crippen molar-refractivity contribution in [3.05, 3.63) is 35.9 Å². The number of nitrogens with zero attached hydrogens (tertiary/aromatic N) is 1. The van der Waals surface area contributed by atoms with Gasteiger partial charge in [-0.1, -0.05) is 18.2 Å². The number of halogens is 1. The van der Waals surface area contributed by atoms with E-state index in [1.807, 2.05) is 30.3 Å². The Morgan fingerprint density at radius 2 is 1.68 bits per heavy atom. The molecule has 6 heteroatoms. The number of carbonyl (C=O) groups excluding carboxylic acids is 1. The number of carbonyl (C=O) groups is 1. The zero-order chi connectivity index (χ0) is 15.7. The molecule has 124 valence electrons. The van der Waals surface area contributed by atoms with Gasteiger partial charge in [0, 0.05) is 31.2 Å². The fraction of sp³-hybridized carbons (Fsp3) is 0.500. The number of hydrogen-bond acceptors (Lipinski definition) is 2. The summed E-state index contributed by atoms with van der Waals surface area (Å²) in [6.07, 6.45) is 0.837. The van der Waals surface area contributed by atoms with Gasteiger partial charge in [-0.15, -0.1) is 24.0 Å². The van der Waals surface area contributed by atoms with E-state index in [0.717, 1.165) is 18.9 Å². The van der Waals surface area contributed by atoms with Crippen LogP contribution in [0.5, 0.6) is 0 Å². The largest absolute Gasteiger partial charge is 0.356 e. The fourth-order valence-electron chi connectivity index (χ4n) is 1.72. The molecule has 0 bridgehead atoms. The SMILES string of the molecule is CN=C(NCCCNC(=O)c1ccccc1)NC(C)(C)C.I. The minimum atomic E-state index is -0.0344. The van der Waals surface area contributed by atoms with Gasteiger partial charge in [0.15, 0.2) is 5.96 Å². The molecule has 0 aliphatic carbocycles. The van der Waals surface area contributed by atoms with Crippen molar-refractivity contribution in [1.82, 2.24) is 16.0 Å². The van der Waals surface area contributed by atoms with Crippen molar-refractivity contribution in [2.24, 2.45) is 4.99 Å². The summed E-state index contributed by atoms with van der Waals surface area (Å²) < 4.78 is 0. The summed E-state index contributed by atoms with van der Waals surface area (Å²) in [5.74, 6) is 0.740. The van der Waals surface area contributed by atoms with Crippen molar-refractivity contribution in [3.8, 4) is 0 Å². The molecular weight excluding hydrogens is 391 g/mol. The van der Waals surface area contributed by atoms with E-state index >= 15 is 0 Å². The molecule has 0 saturated heterocycles. The second-order valence-electron chi connectivity index (χ2n) is 5.85. The molecule has 1 aromatic rings. The van der Waals surface area contributed by atoms with Crippen LogP contribution < -0.4 is 16.0 Å². The molecule has 0 aliphatic heterocycles. The minimum absolute atomic E-state index is 0. The Balaban J connectivity index is 0.00000441. The Morgan fingerprint density at radius 1 is 1.09 bits per heavy atom. The summed E-state index contributed by atoms with van der Waals surface area (Å²) in [6, 6.07) is 9.23. The zero-order valence-electron chi connectivity index (χ0n) is 13.8. The van der Waals surface area contributed by atoms with Crippen LogP contribution in [0.4, 0.5) is 0 Å². The van der Waals surface area contributed by atoms with E-state index in [2.05, 4.69) is 41.7 Å². The van der Waals surface area contributed by atoms with Gasteiger partial charge in [0.1, 0.15) is 0 Å². The highest BCUT2D eigenvalue weighted by Gasteiger charge is 2.11. The predicted octanol–water partition coefficient (Wildman–Crippen LogP) is 2.39. The number of rotatable bonds is 5. The van der Waals surface area contributed by atoms with Crippen molar-refractivity contribution in [2.45, 2.75) is 32.7 Å². The van der Waals surface area contributed by atoms with Gasteiger partial charge in [0.05, 0.1) is 0 Å². The van der Waals surface area contributed by atoms with E-state index in [-0.39, 0.29) is 35.4 Å². The molecule has 0 unspecified atom stereocenters. The summed E-state index contributed by atoms with van der Waals surface area (Å²) in [5.41, 5.74) is 0.666. The number of hydrogen-bond donors (Lipinski definition) is 3. The number of benzene rings is 1. The van der Waals surface area contributed by atoms with E-state index in [1.165, 1.54) is 0 Å². The van der Waals surface area contributed by atoms with Gasteiger partial charge >= 0.3 is 0 Å². The van der Waals surface area contributed by atoms with Crippen molar-refractivity contribution < 1.29 is 4.79 Å². The molecule has 5 nitrogen and oxygen atoms in total. The van der Waals surface area contributed by atoms with Crippen molar-refractivity contribution >= 4 is 35.8 Å². The van der Waals surface area contributed by atoms with Crippen molar-refractivity contribution in [3.63, 3.8) is 0 Å². The van der Waals surface area contributed by atoms with Gasteiger partial charge in [0.25, 0.3) is 5.91 Å². The molecule has 1 amide bonds. The monoisotopic (exact) mass is 418 g/mol. The molecular formula is C16H27IN4O. The quantitative estimate of drug-likeness (QED) is 0.298. The van der Waals surface area contributed by atoms with Gasteiger partial charge < -0.3 is 16.0 Å². The number of amides is 1. The first-order valence-electron chi connectivity index (χ1n) is 7.24. The van der Waals surface area contributed by atoms with E-state index in [9.17, 15) is 4.79 Å². The van der Waals surface area contributed by atoms with Gasteiger partial charge in [-0.3, -0.25) is 9.79 Å². The van der Waals surface area contributed by atoms with Crippen LogP contribution >= 0.6 is 24.0 Å². The summed E-state index contributed by atoms with van der Waals surface area (Å²) in [7, 11) is 1.75. The van der Waals surface area contributed by atoms with Crippen molar-refractivity contribution in [1.29, 1.82) is 0 Å². The van der Waals surface area contributed by atoms with Crippen LogP contribution in [0.2, 0.25) is 0 Å². The lowest BCUT2D eigenvalue weighted by molar-refractivity contribution is 0.0953. The first-order chi connectivity index (χ1) is 9.92. The van der Waals surface area contributed by atoms with Crippen LogP contribution in [0.3, 0.4) is 0 Å². The number of aliphatic imine (C=N–C) groups is 1. The summed E-state index contributed by atoms with van der Waals surface area (Å²) in [5, 5.41) is 9.41. The maximum atomic E-state index is 11.8. The van der Waals surface area contributed by atoms with Gasteiger partial charge in [-0.25, -0.2) is 0 Å². The lowest BCUT2D eigenvalue weighted by Gasteiger charge is -2.23. The normalized spacial score (nSPS) is 11.4. The third-order valence-electron chi connectivity index (χ3n) is 2.68. The molecule has 22 heavy (non-hydrogen) atoms. The third-order valence-corrected chi connectivity index (χ3v) is 2.68.